The molecule has 2 atom stereocenters. The molecule has 2 aromatic heterocycles. The molecule has 2 aliphatic carbocycles. The second-order valence-electron chi connectivity index (χ2n) is 14.6. The number of allylic oxidation sites excluding steroid dienone is 6. The largest absolute Gasteiger partial charge is 0.483 e. The number of benzene rings is 6. The van der Waals surface area contributed by atoms with E-state index in [1.807, 2.05) is 24.3 Å². The summed E-state index contributed by atoms with van der Waals surface area (Å²) in [6.07, 6.45) is 13.4. The molecule has 6 aromatic carbocycles. The predicted octanol–water partition coefficient (Wildman–Crippen LogP) is 12.2. The third kappa shape index (κ3) is 5.43. The van der Waals surface area contributed by atoms with E-state index in [1.54, 1.807) is 0 Å². The van der Waals surface area contributed by atoms with Crippen LogP contribution in [-0.4, -0.2) is 25.6 Å². The van der Waals surface area contributed by atoms with Crippen LogP contribution in [0.3, 0.4) is 0 Å². The molecule has 0 radical (unpaired) electrons. The fourth-order valence-electron chi connectivity index (χ4n) is 8.64. The van der Waals surface area contributed by atoms with Gasteiger partial charge in [0.2, 0.25) is 0 Å². The topological polar surface area (TPSA) is 52.8 Å². The van der Waals surface area contributed by atoms with Gasteiger partial charge in [0.15, 0.2) is 17.5 Å². The van der Waals surface area contributed by atoms with Gasteiger partial charge in [-0.3, -0.25) is 0 Å². The van der Waals surface area contributed by atoms with E-state index < -0.39 is 0 Å². The molecule has 0 saturated heterocycles. The SMILES string of the molecule is C1=CCCC(C2=CC3c4ccccc4OC3C(n3c4ccccc4c4c(-c5nc(-c6ccccc6)nc(-c6ccc(-c7ccccc7)cc6)n5)cccc43)=C2)=C1. The summed E-state index contributed by atoms with van der Waals surface area (Å²) < 4.78 is 9.28. The first-order chi connectivity index (χ1) is 27.8. The van der Waals surface area contributed by atoms with Crippen molar-refractivity contribution in [2.24, 2.45) is 0 Å². The molecule has 0 N–H and O–H groups in total. The van der Waals surface area contributed by atoms with E-state index in [1.165, 1.54) is 22.3 Å². The van der Waals surface area contributed by atoms with Gasteiger partial charge in [0.25, 0.3) is 0 Å². The summed E-state index contributed by atoms with van der Waals surface area (Å²) in [7, 11) is 0. The van der Waals surface area contributed by atoms with E-state index in [-0.39, 0.29) is 12.0 Å². The fourth-order valence-corrected chi connectivity index (χ4v) is 8.64. The summed E-state index contributed by atoms with van der Waals surface area (Å²) in [6, 6.07) is 52.8. The van der Waals surface area contributed by atoms with E-state index in [4.69, 9.17) is 19.7 Å². The maximum absolute atomic E-state index is 6.86. The Hall–Kier alpha value is -7.11. The lowest BCUT2D eigenvalue weighted by Gasteiger charge is -2.28. The van der Waals surface area contributed by atoms with Crippen LogP contribution >= 0.6 is 0 Å². The second kappa shape index (κ2) is 13.3. The van der Waals surface area contributed by atoms with Crippen LogP contribution in [0, 0.1) is 0 Å². The van der Waals surface area contributed by atoms with Crippen LogP contribution in [0.15, 0.2) is 193 Å². The Balaban J connectivity index is 1.11. The second-order valence-corrected chi connectivity index (χ2v) is 14.6. The van der Waals surface area contributed by atoms with E-state index in [2.05, 4.69) is 162 Å². The van der Waals surface area contributed by atoms with Crippen molar-refractivity contribution in [1.29, 1.82) is 0 Å². The number of nitrogens with zero attached hydrogens (tertiary/aromatic N) is 4. The zero-order valence-corrected chi connectivity index (χ0v) is 30.6. The Labute approximate surface area is 325 Å². The molecule has 3 heterocycles. The highest BCUT2D eigenvalue weighted by atomic mass is 16.5. The minimum atomic E-state index is -0.175. The predicted molar refractivity (Wildman–Crippen MR) is 227 cm³/mol. The molecular formula is C51H36N4O. The molecule has 1 aliphatic heterocycles. The third-order valence-electron chi connectivity index (χ3n) is 11.3. The molecule has 0 amide bonds. The minimum absolute atomic E-state index is 0.0974. The first kappa shape index (κ1) is 32.3. The highest BCUT2D eigenvalue weighted by Crippen LogP contribution is 2.49. The van der Waals surface area contributed by atoms with E-state index >= 15 is 0 Å². The van der Waals surface area contributed by atoms with Crippen LogP contribution < -0.4 is 4.74 Å². The van der Waals surface area contributed by atoms with Crippen LogP contribution in [0.25, 0.3) is 72.8 Å². The van der Waals surface area contributed by atoms with Crippen molar-refractivity contribution in [3.05, 3.63) is 199 Å². The summed E-state index contributed by atoms with van der Waals surface area (Å²) in [5.41, 5.74) is 12.3. The minimum Gasteiger partial charge on any atom is -0.483 e. The molecule has 0 saturated carbocycles. The monoisotopic (exact) mass is 720 g/mol. The van der Waals surface area contributed by atoms with Crippen molar-refractivity contribution < 1.29 is 4.74 Å². The third-order valence-corrected chi connectivity index (χ3v) is 11.3. The standard InChI is InChI=1S/C51H36N4O/c1-4-15-33(16-5-1)35-27-29-37(30-28-35)50-52-49(36-19-8-3-9-20-36)53-51(54-50)41-23-14-25-44-47(41)40-22-10-12-24-43(40)55(44)45-32-38(34-17-6-2-7-18-34)31-42-39-21-11-13-26-46(39)56-48(42)45/h1-6,8-17,19-32,42,48H,7,18H2. The van der Waals surface area contributed by atoms with E-state index in [0.717, 1.165) is 68.3 Å². The lowest BCUT2D eigenvalue weighted by atomic mass is 9.83. The van der Waals surface area contributed by atoms with Gasteiger partial charge in [-0.15, -0.1) is 0 Å². The lowest BCUT2D eigenvalue weighted by Crippen LogP contribution is -2.26. The van der Waals surface area contributed by atoms with Gasteiger partial charge in [-0.05, 0) is 59.4 Å². The van der Waals surface area contributed by atoms with Crippen molar-refractivity contribution in [1.82, 2.24) is 19.5 Å². The molecular weight excluding hydrogens is 685 g/mol. The number of fused-ring (bicyclic) bond motifs is 6. The maximum atomic E-state index is 6.86. The first-order valence-corrected chi connectivity index (χ1v) is 19.3. The maximum Gasteiger partial charge on any atom is 0.164 e. The van der Waals surface area contributed by atoms with Gasteiger partial charge < -0.3 is 9.30 Å². The van der Waals surface area contributed by atoms with Crippen LogP contribution in [-0.2, 0) is 0 Å². The molecule has 5 heteroatoms. The van der Waals surface area contributed by atoms with Gasteiger partial charge in [0, 0.05) is 38.9 Å². The molecule has 0 bridgehead atoms. The van der Waals surface area contributed by atoms with Crippen LogP contribution in [0.5, 0.6) is 5.75 Å². The number of para-hydroxylation sites is 2. The Morgan fingerprint density at radius 2 is 1.21 bits per heavy atom. The van der Waals surface area contributed by atoms with Gasteiger partial charge in [0.05, 0.1) is 16.7 Å². The van der Waals surface area contributed by atoms with Crippen LogP contribution in [0.4, 0.5) is 0 Å². The van der Waals surface area contributed by atoms with Crippen molar-refractivity contribution in [2.75, 3.05) is 0 Å². The average Bonchev–Trinajstić information content (AvgIpc) is 3.83. The first-order valence-electron chi connectivity index (χ1n) is 19.3. The highest BCUT2D eigenvalue weighted by Gasteiger charge is 2.40. The molecule has 0 spiro atoms. The average molecular weight is 721 g/mol. The number of hydrogen-bond donors (Lipinski definition) is 0. The number of rotatable bonds is 6. The van der Waals surface area contributed by atoms with Crippen molar-refractivity contribution >= 4 is 27.5 Å². The van der Waals surface area contributed by atoms with E-state index in [9.17, 15) is 0 Å². The molecule has 2 unspecified atom stereocenters. The van der Waals surface area contributed by atoms with Gasteiger partial charge in [-0.25, -0.2) is 15.0 Å². The normalized spacial score (nSPS) is 17.2. The van der Waals surface area contributed by atoms with Gasteiger partial charge in [0.1, 0.15) is 11.9 Å². The summed E-state index contributed by atoms with van der Waals surface area (Å²) in [6.45, 7) is 0. The fraction of sp³-hybridized carbons (Fsp3) is 0.0784. The van der Waals surface area contributed by atoms with Crippen LogP contribution in [0.2, 0.25) is 0 Å². The van der Waals surface area contributed by atoms with Crippen LogP contribution in [0.1, 0.15) is 24.3 Å². The zero-order valence-electron chi connectivity index (χ0n) is 30.6. The molecule has 5 nitrogen and oxygen atoms in total. The quantitative estimate of drug-likeness (QED) is 0.172. The van der Waals surface area contributed by atoms with Gasteiger partial charge >= 0.3 is 0 Å². The number of hydrogen-bond acceptors (Lipinski definition) is 4. The summed E-state index contributed by atoms with van der Waals surface area (Å²) in [5, 5.41) is 2.24. The Morgan fingerprint density at radius 1 is 0.571 bits per heavy atom. The number of ether oxygens (including phenoxy) is 1. The van der Waals surface area contributed by atoms with Crippen molar-refractivity contribution in [3.8, 4) is 51.0 Å². The summed E-state index contributed by atoms with van der Waals surface area (Å²) in [4.78, 5) is 15.5. The molecule has 266 valence electrons. The molecule has 0 fully saturated rings. The van der Waals surface area contributed by atoms with Crippen molar-refractivity contribution in [2.45, 2.75) is 24.9 Å². The zero-order chi connectivity index (χ0) is 37.0. The van der Waals surface area contributed by atoms with Gasteiger partial charge in [-0.2, -0.15) is 0 Å². The Bertz CT molecular complexity index is 2940. The summed E-state index contributed by atoms with van der Waals surface area (Å²) >= 11 is 0. The molecule has 11 rings (SSSR count). The van der Waals surface area contributed by atoms with E-state index in [0.29, 0.717) is 17.5 Å². The number of aromatic nitrogens is 4. The molecule has 3 aliphatic rings. The smallest absolute Gasteiger partial charge is 0.164 e. The Kier molecular flexibility index (Phi) is 7.69. The molecule has 8 aromatic rings. The summed E-state index contributed by atoms with van der Waals surface area (Å²) in [5.74, 6) is 2.95. The Morgan fingerprint density at radius 3 is 2.00 bits per heavy atom. The molecule has 56 heavy (non-hydrogen) atoms. The lowest BCUT2D eigenvalue weighted by molar-refractivity contribution is 0.272. The highest BCUT2D eigenvalue weighted by molar-refractivity contribution is 6.16. The van der Waals surface area contributed by atoms with Gasteiger partial charge in [-0.1, -0.05) is 158 Å². The van der Waals surface area contributed by atoms with Crippen molar-refractivity contribution in [3.63, 3.8) is 0 Å².